The Kier molecular flexibility index (Phi) is 4.62. The quantitative estimate of drug-likeness (QED) is 0.829. The van der Waals surface area contributed by atoms with Gasteiger partial charge >= 0.3 is 5.97 Å². The molecule has 2 saturated heterocycles. The zero-order valence-corrected chi connectivity index (χ0v) is 11.6. The number of carboxylic acid groups (broad SMARTS) is 1. The highest BCUT2D eigenvalue weighted by atomic mass is 16.4. The Morgan fingerprint density at radius 2 is 1.67 bits per heavy atom. The summed E-state index contributed by atoms with van der Waals surface area (Å²) in [4.78, 5) is 16.1. The second kappa shape index (κ2) is 6.02. The van der Waals surface area contributed by atoms with Gasteiger partial charge in [0.05, 0.1) is 0 Å². The number of piperidine rings is 2. The minimum atomic E-state index is -0.612. The highest BCUT2D eigenvalue weighted by molar-refractivity contribution is 5.74. The summed E-state index contributed by atoms with van der Waals surface area (Å²) in [7, 11) is 2.12. The van der Waals surface area contributed by atoms with E-state index in [1.807, 2.05) is 0 Å². The molecule has 18 heavy (non-hydrogen) atoms. The summed E-state index contributed by atoms with van der Waals surface area (Å²) in [6.07, 6.45) is 4.35. The molecule has 2 rings (SSSR count). The highest BCUT2D eigenvalue weighted by Gasteiger charge is 2.36. The van der Waals surface area contributed by atoms with Gasteiger partial charge in [0.15, 0.2) is 0 Å². The summed E-state index contributed by atoms with van der Waals surface area (Å²) < 4.78 is 0. The van der Waals surface area contributed by atoms with E-state index in [9.17, 15) is 9.90 Å². The number of likely N-dealkylation sites (tertiary alicyclic amines) is 2. The van der Waals surface area contributed by atoms with Gasteiger partial charge in [-0.1, -0.05) is 6.92 Å². The SMILES string of the molecule is CC1CCN([C@@H](C(=O)O)C2CCN(C)CC2)CC1. The Morgan fingerprint density at radius 1 is 1.11 bits per heavy atom. The van der Waals surface area contributed by atoms with E-state index in [0.717, 1.165) is 57.8 Å². The monoisotopic (exact) mass is 254 g/mol. The molecular formula is C14H26N2O2. The molecule has 2 heterocycles. The molecule has 0 spiro atoms. The van der Waals surface area contributed by atoms with E-state index < -0.39 is 5.97 Å². The molecule has 0 saturated carbocycles. The van der Waals surface area contributed by atoms with Crippen molar-refractivity contribution in [3.8, 4) is 0 Å². The fraction of sp³-hybridized carbons (Fsp3) is 0.929. The van der Waals surface area contributed by atoms with Gasteiger partial charge in [-0.05, 0) is 70.7 Å². The van der Waals surface area contributed by atoms with Crippen LogP contribution in [-0.4, -0.2) is 60.1 Å². The largest absolute Gasteiger partial charge is 0.480 e. The molecule has 2 aliphatic rings. The first kappa shape index (κ1) is 13.8. The van der Waals surface area contributed by atoms with Crippen LogP contribution < -0.4 is 0 Å². The summed E-state index contributed by atoms with van der Waals surface area (Å²) in [6, 6.07) is -0.244. The average molecular weight is 254 g/mol. The molecule has 4 heteroatoms. The van der Waals surface area contributed by atoms with Crippen molar-refractivity contribution in [3.63, 3.8) is 0 Å². The Labute approximate surface area is 110 Å². The van der Waals surface area contributed by atoms with Crippen LogP contribution in [0.4, 0.5) is 0 Å². The first-order valence-electron chi connectivity index (χ1n) is 7.23. The van der Waals surface area contributed by atoms with Crippen LogP contribution >= 0.6 is 0 Å². The third-order valence-corrected chi connectivity index (χ3v) is 4.67. The van der Waals surface area contributed by atoms with E-state index in [-0.39, 0.29) is 6.04 Å². The second-order valence-corrected chi connectivity index (χ2v) is 6.14. The molecule has 1 N–H and O–H groups in total. The van der Waals surface area contributed by atoms with Crippen molar-refractivity contribution in [2.24, 2.45) is 11.8 Å². The summed E-state index contributed by atoms with van der Waals surface area (Å²) in [6.45, 7) is 6.27. The van der Waals surface area contributed by atoms with Gasteiger partial charge in [-0.15, -0.1) is 0 Å². The van der Waals surface area contributed by atoms with Crippen LogP contribution in [0.2, 0.25) is 0 Å². The molecule has 0 aromatic carbocycles. The van der Waals surface area contributed by atoms with E-state index in [0.29, 0.717) is 5.92 Å². The molecule has 104 valence electrons. The van der Waals surface area contributed by atoms with E-state index in [4.69, 9.17) is 0 Å². The first-order chi connectivity index (χ1) is 8.58. The van der Waals surface area contributed by atoms with Crippen molar-refractivity contribution < 1.29 is 9.90 Å². The minimum Gasteiger partial charge on any atom is -0.480 e. The van der Waals surface area contributed by atoms with Gasteiger partial charge in [-0.25, -0.2) is 0 Å². The molecule has 0 unspecified atom stereocenters. The Bertz CT molecular complexity index is 258. The van der Waals surface area contributed by atoms with Crippen molar-refractivity contribution in [2.75, 3.05) is 33.2 Å². The molecule has 0 bridgehead atoms. The highest BCUT2D eigenvalue weighted by Crippen LogP contribution is 2.27. The van der Waals surface area contributed by atoms with Crippen molar-refractivity contribution >= 4 is 5.97 Å². The van der Waals surface area contributed by atoms with Gasteiger partial charge in [0, 0.05) is 0 Å². The molecule has 0 amide bonds. The normalized spacial score (nSPS) is 27.2. The molecule has 2 fully saturated rings. The number of carbonyl (C=O) groups is 1. The fourth-order valence-electron chi connectivity index (χ4n) is 3.31. The van der Waals surface area contributed by atoms with Crippen LogP contribution in [0.25, 0.3) is 0 Å². The third-order valence-electron chi connectivity index (χ3n) is 4.67. The maximum atomic E-state index is 11.6. The van der Waals surface area contributed by atoms with Gasteiger partial charge in [-0.2, -0.15) is 0 Å². The smallest absolute Gasteiger partial charge is 0.321 e. The van der Waals surface area contributed by atoms with Crippen LogP contribution in [0.1, 0.15) is 32.6 Å². The maximum absolute atomic E-state index is 11.6. The van der Waals surface area contributed by atoms with Gasteiger partial charge in [0.25, 0.3) is 0 Å². The lowest BCUT2D eigenvalue weighted by molar-refractivity contribution is -0.147. The average Bonchev–Trinajstić information content (AvgIpc) is 2.34. The molecule has 2 aliphatic heterocycles. The number of carboxylic acids is 1. The predicted octanol–water partition coefficient (Wildman–Crippen LogP) is 1.51. The van der Waals surface area contributed by atoms with Crippen LogP contribution in [0, 0.1) is 11.8 Å². The summed E-state index contributed by atoms with van der Waals surface area (Å²) in [5.41, 5.74) is 0. The summed E-state index contributed by atoms with van der Waals surface area (Å²) in [5.74, 6) is 0.486. The standard InChI is InChI=1S/C14H26N2O2/c1-11-3-9-16(10-4-11)13(14(17)18)12-5-7-15(2)8-6-12/h11-13H,3-10H2,1-2H3,(H,17,18)/t13-/m1/s1. The Balaban J connectivity index is 1.97. The van der Waals surface area contributed by atoms with E-state index in [2.05, 4.69) is 23.8 Å². The molecule has 1 atom stereocenters. The van der Waals surface area contributed by atoms with Crippen molar-refractivity contribution in [1.82, 2.24) is 9.80 Å². The van der Waals surface area contributed by atoms with Crippen LogP contribution in [0.3, 0.4) is 0 Å². The Hall–Kier alpha value is -0.610. The Morgan fingerprint density at radius 3 is 2.17 bits per heavy atom. The molecule has 0 radical (unpaired) electrons. The van der Waals surface area contributed by atoms with Gasteiger partial charge in [-0.3, -0.25) is 9.69 Å². The maximum Gasteiger partial charge on any atom is 0.321 e. The number of hydrogen-bond donors (Lipinski definition) is 1. The lowest BCUT2D eigenvalue weighted by Gasteiger charge is -2.40. The van der Waals surface area contributed by atoms with Crippen LogP contribution in [0.5, 0.6) is 0 Å². The lowest BCUT2D eigenvalue weighted by Crippen LogP contribution is -2.51. The molecule has 4 nitrogen and oxygen atoms in total. The van der Waals surface area contributed by atoms with Crippen molar-refractivity contribution in [1.29, 1.82) is 0 Å². The first-order valence-corrected chi connectivity index (χ1v) is 7.23. The van der Waals surface area contributed by atoms with Crippen molar-refractivity contribution in [3.05, 3.63) is 0 Å². The van der Waals surface area contributed by atoms with E-state index >= 15 is 0 Å². The van der Waals surface area contributed by atoms with Gasteiger partial charge in [0.2, 0.25) is 0 Å². The molecule has 0 aromatic rings. The molecule has 0 aliphatic carbocycles. The van der Waals surface area contributed by atoms with Gasteiger partial charge < -0.3 is 10.0 Å². The molecular weight excluding hydrogens is 228 g/mol. The van der Waals surface area contributed by atoms with Crippen LogP contribution in [-0.2, 0) is 4.79 Å². The summed E-state index contributed by atoms with van der Waals surface area (Å²) >= 11 is 0. The zero-order valence-electron chi connectivity index (χ0n) is 11.6. The fourth-order valence-corrected chi connectivity index (χ4v) is 3.31. The van der Waals surface area contributed by atoms with Crippen molar-refractivity contribution in [2.45, 2.75) is 38.6 Å². The number of aliphatic carboxylic acids is 1. The molecule has 0 aromatic heterocycles. The minimum absolute atomic E-state index is 0.244. The number of hydrogen-bond acceptors (Lipinski definition) is 3. The number of rotatable bonds is 3. The second-order valence-electron chi connectivity index (χ2n) is 6.14. The van der Waals surface area contributed by atoms with E-state index in [1.165, 1.54) is 0 Å². The third kappa shape index (κ3) is 3.23. The zero-order chi connectivity index (χ0) is 13.1. The number of nitrogens with zero attached hydrogens (tertiary/aromatic N) is 2. The van der Waals surface area contributed by atoms with E-state index in [1.54, 1.807) is 0 Å². The topological polar surface area (TPSA) is 43.8 Å². The lowest BCUT2D eigenvalue weighted by atomic mass is 9.86. The van der Waals surface area contributed by atoms with Gasteiger partial charge in [0.1, 0.15) is 6.04 Å². The predicted molar refractivity (Wildman–Crippen MR) is 71.6 cm³/mol. The van der Waals surface area contributed by atoms with Crippen LogP contribution in [0.15, 0.2) is 0 Å². The summed E-state index contributed by atoms with van der Waals surface area (Å²) in [5, 5.41) is 9.55.